The second kappa shape index (κ2) is 5.55. The normalized spacial score (nSPS) is 16.4. The van der Waals surface area contributed by atoms with Gasteiger partial charge in [-0.25, -0.2) is 0 Å². The molecule has 1 heterocycles. The summed E-state index contributed by atoms with van der Waals surface area (Å²) in [6.07, 6.45) is -4.28. The highest BCUT2D eigenvalue weighted by atomic mass is 19.4. The van der Waals surface area contributed by atoms with Crippen LogP contribution in [0.4, 0.5) is 13.2 Å². The van der Waals surface area contributed by atoms with Crippen LogP contribution in [-0.4, -0.2) is 13.0 Å². The summed E-state index contributed by atoms with van der Waals surface area (Å²) in [6, 6.07) is 13.7. The summed E-state index contributed by atoms with van der Waals surface area (Å²) in [4.78, 5) is 0. The van der Waals surface area contributed by atoms with Crippen molar-refractivity contribution in [2.45, 2.75) is 19.0 Å². The van der Waals surface area contributed by atoms with Crippen molar-refractivity contribution in [3.05, 3.63) is 59.7 Å². The predicted molar refractivity (Wildman–Crippen MR) is 76.1 cm³/mol. The maximum absolute atomic E-state index is 13.3. The highest BCUT2D eigenvalue weighted by molar-refractivity contribution is 5.47. The maximum atomic E-state index is 13.3. The highest BCUT2D eigenvalue weighted by Crippen LogP contribution is 2.44. The Bertz CT molecular complexity index is 653. The summed E-state index contributed by atoms with van der Waals surface area (Å²) >= 11 is 0. The Hall–Kier alpha value is -2.17. The Morgan fingerprint density at radius 3 is 2.27 bits per heavy atom. The van der Waals surface area contributed by atoms with Crippen molar-refractivity contribution in [2.24, 2.45) is 5.92 Å². The van der Waals surface area contributed by atoms with Crippen LogP contribution in [0.1, 0.15) is 24.0 Å². The Labute approximate surface area is 126 Å². The largest absolute Gasteiger partial charge is 0.454 e. The minimum absolute atomic E-state index is 0.101. The number of halogens is 3. The third kappa shape index (κ3) is 2.75. The zero-order valence-corrected chi connectivity index (χ0v) is 11.9. The van der Waals surface area contributed by atoms with E-state index in [-0.39, 0.29) is 6.79 Å². The minimum atomic E-state index is -4.28. The first-order valence-corrected chi connectivity index (χ1v) is 6.98. The fourth-order valence-corrected chi connectivity index (χ4v) is 2.73. The molecule has 0 bridgehead atoms. The molecule has 0 aromatic heterocycles. The molecular weight excluding hydrogens is 293 g/mol. The third-order valence-electron chi connectivity index (χ3n) is 3.93. The van der Waals surface area contributed by atoms with Crippen molar-refractivity contribution in [3.8, 4) is 11.5 Å². The average molecular weight is 308 g/mol. The molecule has 2 atom stereocenters. The van der Waals surface area contributed by atoms with Gasteiger partial charge in [0.2, 0.25) is 6.79 Å². The van der Waals surface area contributed by atoms with Gasteiger partial charge in [-0.3, -0.25) is 0 Å². The summed E-state index contributed by atoms with van der Waals surface area (Å²) in [6.45, 7) is 1.31. The van der Waals surface area contributed by atoms with E-state index in [1.807, 2.05) is 0 Å². The molecular formula is C17H15F3O2. The first-order chi connectivity index (χ1) is 10.5. The van der Waals surface area contributed by atoms with Gasteiger partial charge in [-0.2, -0.15) is 13.2 Å². The van der Waals surface area contributed by atoms with Gasteiger partial charge in [0.15, 0.2) is 11.5 Å². The number of ether oxygens (including phenoxy) is 2. The van der Waals surface area contributed by atoms with Gasteiger partial charge in [0.25, 0.3) is 0 Å². The van der Waals surface area contributed by atoms with Gasteiger partial charge in [-0.15, -0.1) is 0 Å². The summed E-state index contributed by atoms with van der Waals surface area (Å²) in [7, 11) is 0. The summed E-state index contributed by atoms with van der Waals surface area (Å²) in [5, 5.41) is 0. The van der Waals surface area contributed by atoms with Gasteiger partial charge in [0, 0.05) is 5.92 Å². The van der Waals surface area contributed by atoms with E-state index < -0.39 is 18.0 Å². The van der Waals surface area contributed by atoms with Gasteiger partial charge in [0.05, 0.1) is 5.92 Å². The van der Waals surface area contributed by atoms with Gasteiger partial charge < -0.3 is 9.47 Å². The van der Waals surface area contributed by atoms with Crippen LogP contribution in [0.25, 0.3) is 0 Å². The summed E-state index contributed by atoms with van der Waals surface area (Å²) in [5.74, 6) is -1.23. The molecule has 2 aromatic carbocycles. The van der Waals surface area contributed by atoms with Crippen LogP contribution in [0, 0.1) is 5.92 Å². The van der Waals surface area contributed by atoms with Crippen LogP contribution in [0.15, 0.2) is 48.5 Å². The maximum Gasteiger partial charge on any atom is 0.392 e. The van der Waals surface area contributed by atoms with Crippen LogP contribution >= 0.6 is 0 Å². The molecule has 0 amide bonds. The van der Waals surface area contributed by atoms with E-state index in [9.17, 15) is 13.2 Å². The SMILES string of the molecule is C[C@@H]([C@H](c1ccccc1)c1ccc2c(c1)OCO2)C(F)(F)F. The number of rotatable bonds is 3. The number of fused-ring (bicyclic) bond motifs is 1. The molecule has 22 heavy (non-hydrogen) atoms. The zero-order valence-electron chi connectivity index (χ0n) is 11.9. The minimum Gasteiger partial charge on any atom is -0.454 e. The van der Waals surface area contributed by atoms with Crippen molar-refractivity contribution in [2.75, 3.05) is 6.79 Å². The van der Waals surface area contributed by atoms with Crippen molar-refractivity contribution in [1.29, 1.82) is 0 Å². The monoisotopic (exact) mass is 308 g/mol. The molecule has 0 saturated carbocycles. The molecule has 1 aliphatic heterocycles. The van der Waals surface area contributed by atoms with Crippen molar-refractivity contribution < 1.29 is 22.6 Å². The second-order valence-corrected chi connectivity index (χ2v) is 5.33. The fraction of sp³-hybridized carbons (Fsp3) is 0.294. The van der Waals surface area contributed by atoms with Gasteiger partial charge >= 0.3 is 6.18 Å². The lowest BCUT2D eigenvalue weighted by Crippen LogP contribution is -2.27. The molecule has 2 nitrogen and oxygen atoms in total. The molecule has 5 heteroatoms. The molecule has 2 aromatic rings. The van der Waals surface area contributed by atoms with Crippen LogP contribution in [-0.2, 0) is 0 Å². The number of hydrogen-bond acceptors (Lipinski definition) is 2. The molecule has 0 radical (unpaired) electrons. The van der Waals surface area contributed by atoms with E-state index in [0.29, 0.717) is 22.6 Å². The first kappa shape index (κ1) is 14.8. The molecule has 1 aliphatic rings. The van der Waals surface area contributed by atoms with Gasteiger partial charge in [0.1, 0.15) is 0 Å². The Balaban J connectivity index is 2.06. The zero-order chi connectivity index (χ0) is 15.7. The second-order valence-electron chi connectivity index (χ2n) is 5.33. The Kier molecular flexibility index (Phi) is 3.72. The first-order valence-electron chi connectivity index (χ1n) is 6.98. The van der Waals surface area contributed by atoms with Crippen molar-refractivity contribution in [1.82, 2.24) is 0 Å². The van der Waals surface area contributed by atoms with Crippen LogP contribution in [0.5, 0.6) is 11.5 Å². The van der Waals surface area contributed by atoms with E-state index in [2.05, 4.69) is 0 Å². The summed E-state index contributed by atoms with van der Waals surface area (Å²) in [5.41, 5.74) is 1.20. The Morgan fingerprint density at radius 1 is 0.909 bits per heavy atom. The quantitative estimate of drug-likeness (QED) is 0.815. The van der Waals surface area contributed by atoms with Crippen molar-refractivity contribution in [3.63, 3.8) is 0 Å². The van der Waals surface area contributed by atoms with E-state index in [0.717, 1.165) is 0 Å². The number of alkyl halides is 3. The predicted octanol–water partition coefficient (Wildman–Crippen LogP) is 4.75. The molecule has 0 saturated heterocycles. The Morgan fingerprint density at radius 2 is 1.59 bits per heavy atom. The fourth-order valence-electron chi connectivity index (χ4n) is 2.73. The smallest absolute Gasteiger partial charge is 0.392 e. The van der Waals surface area contributed by atoms with Crippen LogP contribution < -0.4 is 9.47 Å². The topological polar surface area (TPSA) is 18.5 Å². The van der Waals surface area contributed by atoms with Gasteiger partial charge in [-0.05, 0) is 23.3 Å². The molecule has 0 spiro atoms. The van der Waals surface area contributed by atoms with E-state index in [1.165, 1.54) is 6.92 Å². The average Bonchev–Trinajstić information content (AvgIpc) is 2.95. The van der Waals surface area contributed by atoms with E-state index in [4.69, 9.17) is 9.47 Å². The number of hydrogen-bond donors (Lipinski definition) is 0. The lowest BCUT2D eigenvalue weighted by atomic mass is 9.81. The standard InChI is InChI=1S/C17H15F3O2/c1-11(17(18,19)20)16(12-5-3-2-4-6-12)13-7-8-14-15(9-13)22-10-21-14/h2-9,11,16H,10H2,1H3/t11-,16+/m0/s1. The molecule has 0 aliphatic carbocycles. The van der Waals surface area contributed by atoms with Gasteiger partial charge in [-0.1, -0.05) is 43.3 Å². The lowest BCUT2D eigenvalue weighted by Gasteiger charge is -2.27. The lowest BCUT2D eigenvalue weighted by molar-refractivity contribution is -0.173. The highest BCUT2D eigenvalue weighted by Gasteiger charge is 2.42. The summed E-state index contributed by atoms with van der Waals surface area (Å²) < 4.78 is 50.4. The molecule has 3 rings (SSSR count). The van der Waals surface area contributed by atoms with E-state index in [1.54, 1.807) is 48.5 Å². The van der Waals surface area contributed by atoms with Crippen molar-refractivity contribution >= 4 is 0 Å². The molecule has 0 unspecified atom stereocenters. The van der Waals surface area contributed by atoms with Crippen LogP contribution in [0.2, 0.25) is 0 Å². The van der Waals surface area contributed by atoms with Crippen LogP contribution in [0.3, 0.4) is 0 Å². The third-order valence-corrected chi connectivity index (χ3v) is 3.93. The molecule has 116 valence electrons. The molecule has 0 fully saturated rings. The molecule has 0 N–H and O–H groups in total. The number of benzene rings is 2. The van der Waals surface area contributed by atoms with E-state index >= 15 is 0 Å².